The Morgan fingerprint density at radius 1 is 1.05 bits per heavy atom. The second-order valence-electron chi connectivity index (χ2n) is 12.0. The first-order chi connectivity index (χ1) is 19.4. The van der Waals surface area contributed by atoms with Gasteiger partial charge >= 0.3 is 0 Å². The van der Waals surface area contributed by atoms with Gasteiger partial charge in [-0.3, -0.25) is 19.8 Å². The number of carbonyl (C=O) groups is 1. The van der Waals surface area contributed by atoms with Crippen LogP contribution in [0.15, 0.2) is 78.4 Å². The maximum absolute atomic E-state index is 13.8. The number of carbonyl (C=O) groups excluding carboxylic acids is 1. The van der Waals surface area contributed by atoms with E-state index in [-0.39, 0.29) is 21.6 Å². The van der Waals surface area contributed by atoms with E-state index in [1.54, 1.807) is 18.2 Å². The second kappa shape index (κ2) is 13.0. The van der Waals surface area contributed by atoms with Gasteiger partial charge in [0.05, 0.1) is 22.8 Å². The number of anilines is 1. The molecule has 0 spiro atoms. The van der Waals surface area contributed by atoms with Crippen LogP contribution in [0.1, 0.15) is 43.9 Å². The topological polar surface area (TPSA) is 84.7 Å². The molecule has 1 N–H and O–H groups in total. The van der Waals surface area contributed by atoms with Gasteiger partial charge in [-0.1, -0.05) is 75.4 Å². The van der Waals surface area contributed by atoms with E-state index in [0.29, 0.717) is 55.1 Å². The largest absolute Gasteiger partial charge is 0.413 e. The van der Waals surface area contributed by atoms with Gasteiger partial charge in [0, 0.05) is 34.8 Å². The highest BCUT2D eigenvalue weighted by atomic mass is 127. The fraction of sp³-hybridized carbons (Fsp3) is 0.344. The van der Waals surface area contributed by atoms with Crippen molar-refractivity contribution in [3.63, 3.8) is 0 Å². The van der Waals surface area contributed by atoms with Gasteiger partial charge in [0.15, 0.2) is 8.32 Å². The molecular formula is C32H38IN3O4Si. The normalized spacial score (nSPS) is 14.7. The average Bonchev–Trinajstić information content (AvgIpc) is 2.93. The highest BCUT2D eigenvalue weighted by molar-refractivity contribution is 14.1. The van der Waals surface area contributed by atoms with Crippen molar-refractivity contribution in [3.8, 4) is 0 Å². The van der Waals surface area contributed by atoms with Crippen LogP contribution in [-0.4, -0.2) is 37.1 Å². The molecule has 0 radical (unpaired) electrons. The Balaban J connectivity index is 1.63. The molecule has 1 heterocycles. The molecule has 0 saturated carbocycles. The van der Waals surface area contributed by atoms with E-state index < -0.39 is 8.32 Å². The van der Waals surface area contributed by atoms with Crippen molar-refractivity contribution >= 4 is 53.8 Å². The van der Waals surface area contributed by atoms with Crippen LogP contribution < -0.4 is 5.32 Å². The molecule has 0 aliphatic carbocycles. The highest BCUT2D eigenvalue weighted by Crippen LogP contribution is 2.38. The number of nitro groups is 1. The predicted molar refractivity (Wildman–Crippen MR) is 176 cm³/mol. The summed E-state index contributed by atoms with van der Waals surface area (Å²) < 4.78 is 7.39. The molecule has 1 aliphatic rings. The van der Waals surface area contributed by atoms with Crippen molar-refractivity contribution in [2.75, 3.05) is 18.4 Å². The van der Waals surface area contributed by atoms with Crippen molar-refractivity contribution in [2.24, 2.45) is 0 Å². The molecule has 9 heteroatoms. The van der Waals surface area contributed by atoms with Gasteiger partial charge in [-0.25, -0.2) is 0 Å². The number of nitrogens with zero attached hydrogens (tertiary/aromatic N) is 2. The lowest BCUT2D eigenvalue weighted by Gasteiger charge is -2.36. The fourth-order valence-electron chi connectivity index (χ4n) is 4.64. The van der Waals surface area contributed by atoms with E-state index in [9.17, 15) is 14.9 Å². The summed E-state index contributed by atoms with van der Waals surface area (Å²) in [7, 11) is -1.94. The Morgan fingerprint density at radius 3 is 2.41 bits per heavy atom. The smallest absolute Gasteiger partial charge is 0.276 e. The van der Waals surface area contributed by atoms with Crippen LogP contribution in [0.4, 0.5) is 11.4 Å². The lowest BCUT2D eigenvalue weighted by atomic mass is 9.92. The zero-order valence-electron chi connectivity index (χ0n) is 24.4. The number of nitro benzene ring substituents is 1. The van der Waals surface area contributed by atoms with Gasteiger partial charge in [-0.2, -0.15) is 0 Å². The molecular weight excluding hydrogens is 645 g/mol. The summed E-state index contributed by atoms with van der Waals surface area (Å²) >= 11 is 2.27. The third-order valence-corrected chi connectivity index (χ3v) is 13.8. The molecule has 216 valence electrons. The van der Waals surface area contributed by atoms with Crippen LogP contribution in [0, 0.1) is 13.7 Å². The molecule has 3 aromatic carbocycles. The van der Waals surface area contributed by atoms with Gasteiger partial charge in [0.25, 0.3) is 11.6 Å². The number of amides is 1. The third kappa shape index (κ3) is 7.51. The first-order valence-electron chi connectivity index (χ1n) is 13.8. The number of para-hydroxylation sites is 1. The molecule has 0 atom stereocenters. The minimum atomic E-state index is -1.94. The second-order valence-corrected chi connectivity index (χ2v) is 17.8. The zero-order valence-corrected chi connectivity index (χ0v) is 27.5. The van der Waals surface area contributed by atoms with E-state index in [4.69, 9.17) is 4.43 Å². The Bertz CT molecular complexity index is 1450. The van der Waals surface area contributed by atoms with Crippen molar-refractivity contribution in [1.29, 1.82) is 0 Å². The molecule has 7 nitrogen and oxygen atoms in total. The van der Waals surface area contributed by atoms with Crippen molar-refractivity contribution in [3.05, 3.63) is 109 Å². The Labute approximate surface area is 257 Å². The molecule has 0 unspecified atom stereocenters. The van der Waals surface area contributed by atoms with Crippen LogP contribution in [-0.2, 0) is 22.4 Å². The van der Waals surface area contributed by atoms with E-state index in [1.807, 2.05) is 36.4 Å². The summed E-state index contributed by atoms with van der Waals surface area (Å²) in [6, 6.07) is 22.7. The summed E-state index contributed by atoms with van der Waals surface area (Å²) in [4.78, 5) is 27.6. The zero-order chi connectivity index (χ0) is 29.8. The van der Waals surface area contributed by atoms with Gasteiger partial charge in [-0.05, 0) is 76.0 Å². The van der Waals surface area contributed by atoms with Crippen LogP contribution in [0.25, 0.3) is 5.57 Å². The summed E-state index contributed by atoms with van der Waals surface area (Å²) in [6.45, 7) is 13.4. The monoisotopic (exact) mass is 683 g/mol. The van der Waals surface area contributed by atoms with E-state index >= 15 is 0 Å². The van der Waals surface area contributed by atoms with Crippen molar-refractivity contribution < 1.29 is 14.1 Å². The summed E-state index contributed by atoms with van der Waals surface area (Å²) in [5, 5.41) is 15.2. The number of benzene rings is 3. The number of halogens is 1. The standard InChI is InChI=1S/C32H38IN3O4Si/c1-32(2,3)41(4,5)40-22-24-14-11-16-28(30(24)33)34-31(37)26-18-19-35(20-23-12-7-6-8-13-23)21-27(26)25-15-9-10-17-29(25)36(38)39/h6-17H,18-22H2,1-5H3,(H,34,37). The van der Waals surface area contributed by atoms with Crippen molar-refractivity contribution in [2.45, 2.75) is 58.5 Å². The van der Waals surface area contributed by atoms with Crippen LogP contribution in [0.3, 0.4) is 0 Å². The molecule has 3 aromatic rings. The molecule has 41 heavy (non-hydrogen) atoms. The predicted octanol–water partition coefficient (Wildman–Crippen LogP) is 8.02. The number of nitrogens with one attached hydrogen (secondary N) is 1. The van der Waals surface area contributed by atoms with Gasteiger partial charge in [0.2, 0.25) is 0 Å². The molecule has 0 bridgehead atoms. The molecule has 4 rings (SSSR count). The molecule has 0 saturated heterocycles. The average molecular weight is 684 g/mol. The lowest BCUT2D eigenvalue weighted by Crippen LogP contribution is -2.40. The summed E-state index contributed by atoms with van der Waals surface area (Å²) in [5.41, 5.74) is 4.69. The highest BCUT2D eigenvalue weighted by Gasteiger charge is 2.37. The number of hydrogen-bond donors (Lipinski definition) is 1. The van der Waals surface area contributed by atoms with E-state index in [1.165, 1.54) is 6.07 Å². The Hall–Kier alpha value is -2.86. The quantitative estimate of drug-likeness (QED) is 0.107. The molecule has 0 aromatic heterocycles. The Kier molecular flexibility index (Phi) is 9.84. The first kappa shape index (κ1) is 31.1. The maximum atomic E-state index is 13.8. The molecule has 1 aliphatic heterocycles. The lowest BCUT2D eigenvalue weighted by molar-refractivity contribution is -0.385. The minimum absolute atomic E-state index is 0.00807. The first-order valence-corrected chi connectivity index (χ1v) is 17.8. The van der Waals surface area contributed by atoms with E-state index in [2.05, 4.69) is 78.8 Å². The summed E-state index contributed by atoms with van der Waals surface area (Å²) in [5.74, 6) is -0.224. The Morgan fingerprint density at radius 2 is 1.73 bits per heavy atom. The minimum Gasteiger partial charge on any atom is -0.413 e. The third-order valence-electron chi connectivity index (χ3n) is 8.09. The molecule has 1 amide bonds. The fourth-order valence-corrected chi connectivity index (χ4v) is 6.24. The van der Waals surface area contributed by atoms with Crippen LogP contribution >= 0.6 is 22.6 Å². The maximum Gasteiger partial charge on any atom is 0.276 e. The van der Waals surface area contributed by atoms with Crippen molar-refractivity contribution in [1.82, 2.24) is 4.90 Å². The van der Waals surface area contributed by atoms with Crippen LogP contribution in [0.5, 0.6) is 0 Å². The number of rotatable bonds is 9. The van der Waals surface area contributed by atoms with Gasteiger partial charge < -0.3 is 9.74 Å². The SMILES string of the molecule is CC(C)(C)[Si](C)(C)OCc1cccc(NC(=O)C2=C(c3ccccc3[N+](=O)[O-])CN(Cc3ccccc3)CC2)c1I. The van der Waals surface area contributed by atoms with E-state index in [0.717, 1.165) is 14.7 Å². The summed E-state index contributed by atoms with van der Waals surface area (Å²) in [6.07, 6.45) is 0.491. The number of hydrogen-bond acceptors (Lipinski definition) is 5. The van der Waals surface area contributed by atoms with Crippen LogP contribution in [0.2, 0.25) is 18.1 Å². The molecule has 0 fully saturated rings. The van der Waals surface area contributed by atoms with Gasteiger partial charge in [-0.15, -0.1) is 0 Å². The van der Waals surface area contributed by atoms with Gasteiger partial charge in [0.1, 0.15) is 0 Å².